The molecule has 0 rings (SSSR count). The molecule has 0 aromatic rings. The molecular formula is C10H22N2O2. The average molecular weight is 202 g/mol. The first-order chi connectivity index (χ1) is 6.47. The predicted molar refractivity (Wildman–Crippen MR) is 57.2 cm³/mol. The number of hydrogen-bond acceptors (Lipinski definition) is 2. The van der Waals surface area contributed by atoms with Crippen molar-refractivity contribution >= 4 is 6.03 Å². The topological polar surface area (TPSA) is 52.6 Å². The van der Waals surface area contributed by atoms with Crippen molar-refractivity contribution in [2.45, 2.75) is 33.3 Å². The fraction of sp³-hybridized carbons (Fsp3) is 0.900. The van der Waals surface area contributed by atoms with Crippen LogP contribution in [-0.4, -0.2) is 42.3 Å². The number of aliphatic hydroxyl groups excluding tert-OH is 1. The van der Waals surface area contributed by atoms with Crippen LogP contribution in [0, 0.1) is 5.92 Å². The van der Waals surface area contributed by atoms with Crippen molar-refractivity contribution in [1.82, 2.24) is 10.2 Å². The Bertz CT molecular complexity index is 172. The van der Waals surface area contributed by atoms with E-state index < -0.39 is 6.10 Å². The highest BCUT2D eigenvalue weighted by Gasteiger charge is 2.10. The van der Waals surface area contributed by atoms with Gasteiger partial charge in [-0.25, -0.2) is 4.79 Å². The van der Waals surface area contributed by atoms with Gasteiger partial charge in [0.1, 0.15) is 0 Å². The number of aliphatic hydroxyl groups is 1. The van der Waals surface area contributed by atoms with Gasteiger partial charge in [0.2, 0.25) is 0 Å². The van der Waals surface area contributed by atoms with E-state index >= 15 is 0 Å². The molecule has 0 saturated heterocycles. The van der Waals surface area contributed by atoms with Crippen LogP contribution in [-0.2, 0) is 0 Å². The van der Waals surface area contributed by atoms with Crippen molar-refractivity contribution in [1.29, 1.82) is 0 Å². The molecule has 4 nitrogen and oxygen atoms in total. The molecule has 0 spiro atoms. The van der Waals surface area contributed by atoms with E-state index in [9.17, 15) is 9.90 Å². The molecule has 0 bridgehead atoms. The molecule has 0 aliphatic carbocycles. The predicted octanol–water partition coefficient (Wildman–Crippen LogP) is 1.05. The second-order valence-corrected chi connectivity index (χ2v) is 3.98. The Balaban J connectivity index is 3.66. The van der Waals surface area contributed by atoms with Crippen LogP contribution < -0.4 is 5.32 Å². The van der Waals surface area contributed by atoms with Gasteiger partial charge in [-0.05, 0) is 19.3 Å². The summed E-state index contributed by atoms with van der Waals surface area (Å²) in [6.07, 6.45) is 0.278. The van der Waals surface area contributed by atoms with Crippen molar-refractivity contribution in [3.8, 4) is 0 Å². The Hall–Kier alpha value is -0.770. The first-order valence-electron chi connectivity index (χ1n) is 5.14. The van der Waals surface area contributed by atoms with Gasteiger partial charge in [-0.2, -0.15) is 0 Å². The second kappa shape index (κ2) is 6.65. The Morgan fingerprint density at radius 2 is 2.07 bits per heavy atom. The lowest BCUT2D eigenvalue weighted by Crippen LogP contribution is -2.41. The number of hydrogen-bond donors (Lipinski definition) is 2. The number of carbonyl (C=O) groups excluding carboxylic acids is 1. The summed E-state index contributed by atoms with van der Waals surface area (Å²) in [5.41, 5.74) is 0. The van der Waals surface area contributed by atoms with Gasteiger partial charge in [-0.15, -0.1) is 0 Å². The minimum Gasteiger partial charge on any atom is -0.391 e. The average Bonchev–Trinajstić information content (AvgIpc) is 2.11. The van der Waals surface area contributed by atoms with Crippen LogP contribution in [0.4, 0.5) is 4.79 Å². The molecule has 0 radical (unpaired) electrons. The molecule has 0 aromatic heterocycles. The highest BCUT2D eigenvalue weighted by atomic mass is 16.3. The molecular weight excluding hydrogens is 180 g/mol. The van der Waals surface area contributed by atoms with Gasteiger partial charge in [0.05, 0.1) is 6.10 Å². The van der Waals surface area contributed by atoms with Gasteiger partial charge in [-0.1, -0.05) is 13.8 Å². The van der Waals surface area contributed by atoms with E-state index in [1.165, 1.54) is 0 Å². The Labute approximate surface area is 86.3 Å². The van der Waals surface area contributed by atoms with Crippen LogP contribution in [0.2, 0.25) is 0 Å². The Kier molecular flexibility index (Phi) is 6.28. The van der Waals surface area contributed by atoms with E-state index in [2.05, 4.69) is 5.32 Å². The summed E-state index contributed by atoms with van der Waals surface area (Å²) < 4.78 is 0. The molecule has 0 saturated carbocycles. The van der Waals surface area contributed by atoms with E-state index in [-0.39, 0.29) is 6.03 Å². The van der Waals surface area contributed by atoms with Crippen LogP contribution in [0.3, 0.4) is 0 Å². The van der Waals surface area contributed by atoms with Gasteiger partial charge in [0, 0.05) is 20.1 Å². The van der Waals surface area contributed by atoms with E-state index in [0.717, 1.165) is 6.42 Å². The molecule has 0 aromatic carbocycles. The van der Waals surface area contributed by atoms with Crippen molar-refractivity contribution in [2.75, 3.05) is 20.1 Å². The van der Waals surface area contributed by atoms with E-state index in [0.29, 0.717) is 19.0 Å². The van der Waals surface area contributed by atoms with Crippen LogP contribution >= 0.6 is 0 Å². The van der Waals surface area contributed by atoms with Crippen LogP contribution in [0.15, 0.2) is 0 Å². The first kappa shape index (κ1) is 13.2. The minimum absolute atomic E-state index is 0.129. The quantitative estimate of drug-likeness (QED) is 0.700. The zero-order valence-corrected chi connectivity index (χ0v) is 9.58. The number of urea groups is 1. The first-order valence-corrected chi connectivity index (χ1v) is 5.14. The SMILES string of the molecule is CCN(C)C(=O)NCC(O)CC(C)C. The number of nitrogens with one attached hydrogen (secondary N) is 1. The summed E-state index contributed by atoms with van der Waals surface area (Å²) in [5, 5.41) is 12.2. The lowest BCUT2D eigenvalue weighted by molar-refractivity contribution is 0.143. The fourth-order valence-corrected chi connectivity index (χ4v) is 1.11. The van der Waals surface area contributed by atoms with Crippen molar-refractivity contribution in [2.24, 2.45) is 5.92 Å². The molecule has 1 unspecified atom stereocenters. The summed E-state index contributed by atoms with van der Waals surface area (Å²) in [7, 11) is 1.73. The second-order valence-electron chi connectivity index (χ2n) is 3.98. The summed E-state index contributed by atoms with van der Waals surface area (Å²) in [5.74, 6) is 0.450. The third-order valence-corrected chi connectivity index (χ3v) is 2.05. The maximum atomic E-state index is 11.3. The molecule has 1 atom stereocenters. The zero-order valence-electron chi connectivity index (χ0n) is 9.58. The maximum absolute atomic E-state index is 11.3. The lowest BCUT2D eigenvalue weighted by atomic mass is 10.1. The summed E-state index contributed by atoms with van der Waals surface area (Å²) in [4.78, 5) is 12.8. The summed E-state index contributed by atoms with van der Waals surface area (Å²) in [6.45, 7) is 7.00. The van der Waals surface area contributed by atoms with Gasteiger partial charge in [0.15, 0.2) is 0 Å². The van der Waals surface area contributed by atoms with Gasteiger partial charge in [0.25, 0.3) is 0 Å². The molecule has 0 fully saturated rings. The number of amides is 2. The number of nitrogens with zero attached hydrogens (tertiary/aromatic N) is 1. The number of rotatable bonds is 5. The Morgan fingerprint density at radius 3 is 2.50 bits per heavy atom. The normalized spacial score (nSPS) is 12.7. The highest BCUT2D eigenvalue weighted by molar-refractivity contribution is 5.73. The highest BCUT2D eigenvalue weighted by Crippen LogP contribution is 2.03. The van der Waals surface area contributed by atoms with Gasteiger partial charge < -0.3 is 15.3 Å². The van der Waals surface area contributed by atoms with Gasteiger partial charge >= 0.3 is 6.03 Å². The largest absolute Gasteiger partial charge is 0.391 e. The lowest BCUT2D eigenvalue weighted by Gasteiger charge is -2.18. The number of carbonyl (C=O) groups is 1. The molecule has 0 aliphatic heterocycles. The van der Waals surface area contributed by atoms with Gasteiger partial charge in [-0.3, -0.25) is 0 Å². The van der Waals surface area contributed by atoms with E-state index in [1.807, 2.05) is 20.8 Å². The molecule has 2 N–H and O–H groups in total. The van der Waals surface area contributed by atoms with E-state index in [1.54, 1.807) is 11.9 Å². The van der Waals surface area contributed by atoms with Crippen LogP contribution in [0.1, 0.15) is 27.2 Å². The minimum atomic E-state index is -0.441. The van der Waals surface area contributed by atoms with E-state index in [4.69, 9.17) is 0 Å². The fourth-order valence-electron chi connectivity index (χ4n) is 1.11. The maximum Gasteiger partial charge on any atom is 0.317 e. The van der Waals surface area contributed by atoms with Crippen LogP contribution in [0.25, 0.3) is 0 Å². The smallest absolute Gasteiger partial charge is 0.317 e. The standard InChI is InChI=1S/C10H22N2O2/c1-5-12(4)10(14)11-7-9(13)6-8(2)3/h8-9,13H,5-7H2,1-4H3,(H,11,14). The molecule has 4 heteroatoms. The molecule has 14 heavy (non-hydrogen) atoms. The molecule has 84 valence electrons. The third-order valence-electron chi connectivity index (χ3n) is 2.05. The van der Waals surface area contributed by atoms with Crippen molar-refractivity contribution in [3.63, 3.8) is 0 Å². The third kappa shape index (κ3) is 5.80. The monoisotopic (exact) mass is 202 g/mol. The molecule has 0 heterocycles. The summed E-state index contributed by atoms with van der Waals surface area (Å²) >= 11 is 0. The van der Waals surface area contributed by atoms with Crippen molar-refractivity contribution < 1.29 is 9.90 Å². The molecule has 0 aliphatic rings. The van der Waals surface area contributed by atoms with Crippen molar-refractivity contribution in [3.05, 3.63) is 0 Å². The van der Waals surface area contributed by atoms with Crippen LogP contribution in [0.5, 0.6) is 0 Å². The Morgan fingerprint density at radius 1 is 1.50 bits per heavy atom. The summed E-state index contributed by atoms with van der Waals surface area (Å²) in [6, 6.07) is -0.129. The molecule has 2 amide bonds. The zero-order chi connectivity index (χ0) is 11.1.